The van der Waals surface area contributed by atoms with E-state index in [1.807, 2.05) is 38.0 Å². The molecular weight excluding hydrogens is 1020 g/mol. The highest BCUT2D eigenvalue weighted by molar-refractivity contribution is 5.47. The Morgan fingerprint density at radius 1 is 0.366 bits per heavy atom. The van der Waals surface area contributed by atoms with Gasteiger partial charge in [0.2, 0.25) is 29.7 Å². The van der Waals surface area contributed by atoms with Gasteiger partial charge < -0.3 is 51.1 Å². The van der Waals surface area contributed by atoms with E-state index in [2.05, 4.69) is 224 Å². The Hall–Kier alpha value is -3.26. The van der Waals surface area contributed by atoms with Crippen molar-refractivity contribution in [2.75, 3.05) is 73.1 Å². The molecule has 0 saturated carbocycles. The SMILES string of the molecule is CC(C)N(CN(c1nc(N(C)C2CC(C)(C)NC(C)(C)C2)nc(C(C)(C)N(CN(c2nc(N(C)C)nc(N(C)C)n2)C2CC(C)(C)NC(C)(C)C2)C2CC(C)(C)NC(C)(C)C2)n1)C1CC(C)(C)NC(C)(C)C1)C1CC(C)(C)NC(C)(C)C1. The second kappa shape index (κ2) is 22.5. The van der Waals surface area contributed by atoms with Gasteiger partial charge >= 0.3 is 0 Å². The normalized spacial score (nSPS) is 25.3. The predicted molar refractivity (Wildman–Crippen MR) is 345 cm³/mol. The zero-order valence-electron chi connectivity index (χ0n) is 57.8. The molecule has 0 aromatic carbocycles. The van der Waals surface area contributed by atoms with E-state index in [1.165, 1.54) is 0 Å². The van der Waals surface area contributed by atoms with E-state index in [0.29, 0.717) is 37.2 Å². The minimum atomic E-state index is -0.759. The predicted octanol–water partition coefficient (Wildman–Crippen LogP) is 9.65. The third-order valence-corrected chi connectivity index (χ3v) is 18.6. The van der Waals surface area contributed by atoms with Gasteiger partial charge in [-0.05, 0) is 230 Å². The first-order chi connectivity index (χ1) is 37.0. The van der Waals surface area contributed by atoms with Gasteiger partial charge in [-0.3, -0.25) is 9.80 Å². The molecule has 5 saturated heterocycles. The van der Waals surface area contributed by atoms with Crippen LogP contribution in [-0.2, 0) is 5.54 Å². The molecule has 5 N–H and O–H groups in total. The molecule has 2 aromatic rings. The maximum absolute atomic E-state index is 6.04. The molecule has 2 aromatic heterocycles. The first-order valence-corrected chi connectivity index (χ1v) is 31.6. The number of nitrogens with zero attached hydrogens (tertiary/aromatic N) is 13. The summed E-state index contributed by atoms with van der Waals surface area (Å²) >= 11 is 0. The summed E-state index contributed by atoms with van der Waals surface area (Å²) in [5.74, 6) is 4.23. The number of hydrogen-bond donors (Lipinski definition) is 5. The molecule has 7 heterocycles. The van der Waals surface area contributed by atoms with E-state index in [1.54, 1.807) is 0 Å². The van der Waals surface area contributed by atoms with E-state index in [4.69, 9.17) is 29.9 Å². The second-order valence-electron chi connectivity index (χ2n) is 34.5. The Morgan fingerprint density at radius 2 is 0.634 bits per heavy atom. The lowest BCUT2D eigenvalue weighted by atomic mass is 9.77. The molecule has 5 aliphatic heterocycles. The monoisotopic (exact) mass is 1140 g/mol. The molecule has 18 nitrogen and oxygen atoms in total. The fraction of sp³-hybridized carbons (Fsp3) is 0.906. The number of anilines is 5. The summed E-state index contributed by atoms with van der Waals surface area (Å²) in [6.07, 6.45) is 9.52. The van der Waals surface area contributed by atoms with Crippen LogP contribution >= 0.6 is 0 Å². The number of rotatable bonds is 17. The lowest BCUT2D eigenvalue weighted by Crippen LogP contribution is -2.67. The van der Waals surface area contributed by atoms with Crippen molar-refractivity contribution in [2.45, 2.75) is 328 Å². The summed E-state index contributed by atoms with van der Waals surface area (Å²) in [5, 5.41) is 20.1. The summed E-state index contributed by atoms with van der Waals surface area (Å²) < 4.78 is 0. The Labute approximate surface area is 500 Å². The van der Waals surface area contributed by atoms with Crippen LogP contribution in [0.4, 0.5) is 29.7 Å². The second-order valence-corrected chi connectivity index (χ2v) is 34.5. The van der Waals surface area contributed by atoms with Crippen LogP contribution in [0.25, 0.3) is 0 Å². The highest BCUT2D eigenvalue weighted by Crippen LogP contribution is 2.44. The molecule has 18 heteroatoms. The highest BCUT2D eigenvalue weighted by Gasteiger charge is 2.51. The van der Waals surface area contributed by atoms with E-state index in [9.17, 15) is 0 Å². The quantitative estimate of drug-likeness (QED) is 0.0952. The van der Waals surface area contributed by atoms with Gasteiger partial charge in [0.1, 0.15) is 0 Å². The molecule has 5 fully saturated rings. The zero-order chi connectivity index (χ0) is 61.7. The van der Waals surface area contributed by atoms with Crippen molar-refractivity contribution in [1.29, 1.82) is 0 Å². The van der Waals surface area contributed by atoms with Gasteiger partial charge in [-0.15, -0.1) is 0 Å². The summed E-state index contributed by atoms with van der Waals surface area (Å²) in [4.78, 5) is 50.7. The van der Waals surface area contributed by atoms with Crippen LogP contribution in [-0.4, -0.2) is 180 Å². The molecule has 0 bridgehead atoms. The molecule has 0 spiro atoms. The summed E-state index contributed by atoms with van der Waals surface area (Å²) in [5.41, 5.74) is -1.91. The van der Waals surface area contributed by atoms with Crippen LogP contribution in [0.3, 0.4) is 0 Å². The highest BCUT2D eigenvalue weighted by atomic mass is 15.5. The Kier molecular flexibility index (Phi) is 18.2. The number of nitrogens with one attached hydrogen (secondary N) is 5. The van der Waals surface area contributed by atoms with Gasteiger partial charge in [0.25, 0.3) is 0 Å². The Bertz CT molecular complexity index is 2420. The van der Waals surface area contributed by atoms with E-state index >= 15 is 0 Å². The van der Waals surface area contributed by atoms with Gasteiger partial charge in [0, 0.05) is 127 Å². The largest absolute Gasteiger partial charge is 0.347 e. The van der Waals surface area contributed by atoms with Crippen LogP contribution in [0, 0.1) is 0 Å². The molecule has 0 amide bonds. The lowest BCUT2D eigenvalue weighted by Gasteiger charge is -2.55. The Balaban J connectivity index is 1.51. The Morgan fingerprint density at radius 3 is 0.976 bits per heavy atom. The van der Waals surface area contributed by atoms with Crippen LogP contribution in [0.1, 0.15) is 236 Å². The number of aromatic nitrogens is 6. The number of piperidine rings is 5. The van der Waals surface area contributed by atoms with Gasteiger partial charge in [0.15, 0.2) is 5.82 Å². The summed E-state index contributed by atoms with van der Waals surface area (Å²) in [6.45, 7) is 58.2. The topological polar surface area (TPSA) is 160 Å². The van der Waals surface area contributed by atoms with Crippen molar-refractivity contribution in [1.82, 2.24) is 66.3 Å². The van der Waals surface area contributed by atoms with Crippen molar-refractivity contribution in [3.05, 3.63) is 5.82 Å². The van der Waals surface area contributed by atoms with Crippen LogP contribution < -0.4 is 51.1 Å². The fourth-order valence-electron chi connectivity index (χ4n) is 17.1. The molecule has 5 aliphatic rings. The maximum atomic E-state index is 6.04. The maximum Gasteiger partial charge on any atom is 0.233 e. The third-order valence-electron chi connectivity index (χ3n) is 18.6. The van der Waals surface area contributed by atoms with E-state index in [0.717, 1.165) is 81.9 Å². The van der Waals surface area contributed by atoms with E-state index in [-0.39, 0.29) is 85.6 Å². The molecule has 82 heavy (non-hydrogen) atoms. The minimum absolute atomic E-state index is 0.0299. The van der Waals surface area contributed by atoms with Gasteiger partial charge in [-0.2, -0.15) is 29.9 Å². The third kappa shape index (κ3) is 16.2. The first kappa shape index (κ1) is 66.3. The van der Waals surface area contributed by atoms with Crippen LogP contribution in [0.2, 0.25) is 0 Å². The van der Waals surface area contributed by atoms with Crippen molar-refractivity contribution in [3.8, 4) is 0 Å². The molecule has 0 aliphatic carbocycles. The standard InChI is InChI=1S/C64H122N18/c1-42(2)79(44-32-56(7,8)72-57(9,10)33-44)40-80(45-34-58(11,12)73-59(13,14)35-45)52-66-48(65-51(70-52)78(29)43-30-54(3,4)71-55(5,6)31-43)64(23,24)82(47-38-62(19,20)75-63(21,22)39-47)41-81(46-36-60(15,16)74-61(17,18)37-46)53-68-49(76(25)26)67-50(69-53)77(27)28/h42-47,71-75H,30-41H2,1-29H3. The molecule has 0 radical (unpaired) electrons. The van der Waals surface area contributed by atoms with Gasteiger partial charge in [-0.1, -0.05) is 0 Å². The van der Waals surface area contributed by atoms with Crippen LogP contribution in [0.15, 0.2) is 0 Å². The number of hydrogen-bond acceptors (Lipinski definition) is 18. The van der Waals surface area contributed by atoms with Crippen molar-refractivity contribution in [3.63, 3.8) is 0 Å². The molecule has 468 valence electrons. The van der Waals surface area contributed by atoms with Crippen molar-refractivity contribution >= 4 is 29.7 Å². The fourth-order valence-corrected chi connectivity index (χ4v) is 17.1. The van der Waals surface area contributed by atoms with Crippen molar-refractivity contribution in [2.24, 2.45) is 0 Å². The van der Waals surface area contributed by atoms with Crippen molar-refractivity contribution < 1.29 is 0 Å². The molecular formula is C64H122N18. The molecule has 0 atom stereocenters. The smallest absolute Gasteiger partial charge is 0.233 e. The van der Waals surface area contributed by atoms with E-state index < -0.39 is 5.54 Å². The van der Waals surface area contributed by atoms with Crippen LogP contribution in [0.5, 0.6) is 0 Å². The summed E-state index contributed by atoms with van der Waals surface area (Å²) in [7, 11) is 10.3. The zero-order valence-corrected chi connectivity index (χ0v) is 57.8. The minimum Gasteiger partial charge on any atom is -0.347 e. The summed E-state index contributed by atoms with van der Waals surface area (Å²) in [6, 6.07) is 1.11. The van der Waals surface area contributed by atoms with Gasteiger partial charge in [0.05, 0.1) is 18.9 Å². The molecule has 0 unspecified atom stereocenters. The lowest BCUT2D eigenvalue weighted by molar-refractivity contribution is -0.00532. The first-order valence-electron chi connectivity index (χ1n) is 31.6. The molecule has 7 rings (SSSR count). The average Bonchev–Trinajstić information content (AvgIpc) is 2.18. The van der Waals surface area contributed by atoms with Gasteiger partial charge in [-0.25, -0.2) is 0 Å². The average molecular weight is 1140 g/mol.